The molecule has 0 saturated carbocycles. The SMILES string of the molecule is Cc1cc(F)c(Br)cc1NC(=O)c1cccc(C(N)=O)c1. The molecule has 108 valence electrons. The summed E-state index contributed by atoms with van der Waals surface area (Å²) in [6.45, 7) is 1.69. The monoisotopic (exact) mass is 350 g/mol. The zero-order valence-electron chi connectivity index (χ0n) is 11.1. The molecule has 0 unspecified atom stereocenters. The van der Waals surface area contributed by atoms with E-state index in [-0.39, 0.29) is 10.0 Å². The second-order valence-electron chi connectivity index (χ2n) is 4.48. The molecule has 0 atom stereocenters. The number of anilines is 1. The number of carbonyl (C=O) groups excluding carboxylic acids is 2. The van der Waals surface area contributed by atoms with Crippen LogP contribution in [-0.2, 0) is 0 Å². The molecule has 0 spiro atoms. The molecule has 3 N–H and O–H groups in total. The number of hydrogen-bond donors (Lipinski definition) is 2. The molecule has 2 aromatic carbocycles. The Morgan fingerprint density at radius 2 is 1.86 bits per heavy atom. The van der Waals surface area contributed by atoms with Gasteiger partial charge in [0.1, 0.15) is 5.82 Å². The molecular weight excluding hydrogens is 339 g/mol. The van der Waals surface area contributed by atoms with Crippen molar-refractivity contribution in [3.63, 3.8) is 0 Å². The molecule has 6 heteroatoms. The zero-order valence-corrected chi connectivity index (χ0v) is 12.7. The molecule has 0 fully saturated rings. The number of nitrogens with one attached hydrogen (secondary N) is 1. The van der Waals surface area contributed by atoms with E-state index in [0.29, 0.717) is 16.8 Å². The van der Waals surface area contributed by atoms with Gasteiger partial charge in [0.05, 0.1) is 4.47 Å². The van der Waals surface area contributed by atoms with Crippen LogP contribution in [0.15, 0.2) is 40.9 Å². The first-order chi connectivity index (χ1) is 9.88. The van der Waals surface area contributed by atoms with Crippen LogP contribution < -0.4 is 11.1 Å². The van der Waals surface area contributed by atoms with E-state index in [2.05, 4.69) is 21.2 Å². The smallest absolute Gasteiger partial charge is 0.255 e. The maximum atomic E-state index is 13.4. The number of hydrogen-bond acceptors (Lipinski definition) is 2. The Morgan fingerprint density at radius 1 is 1.19 bits per heavy atom. The molecule has 4 nitrogen and oxygen atoms in total. The largest absolute Gasteiger partial charge is 0.366 e. The lowest BCUT2D eigenvalue weighted by Gasteiger charge is -2.10. The van der Waals surface area contributed by atoms with Crippen LogP contribution in [0.4, 0.5) is 10.1 Å². The highest BCUT2D eigenvalue weighted by atomic mass is 79.9. The van der Waals surface area contributed by atoms with Gasteiger partial charge in [-0.05, 0) is 58.7 Å². The number of rotatable bonds is 3. The minimum atomic E-state index is -0.606. The Balaban J connectivity index is 2.28. The fourth-order valence-corrected chi connectivity index (χ4v) is 2.13. The molecule has 21 heavy (non-hydrogen) atoms. The van der Waals surface area contributed by atoms with E-state index in [1.807, 2.05) is 0 Å². The first-order valence-corrected chi connectivity index (χ1v) is 6.84. The summed E-state index contributed by atoms with van der Waals surface area (Å²) in [6, 6.07) is 8.88. The molecule has 2 rings (SSSR count). The van der Waals surface area contributed by atoms with E-state index < -0.39 is 17.6 Å². The van der Waals surface area contributed by atoms with E-state index in [0.717, 1.165) is 0 Å². The van der Waals surface area contributed by atoms with Crippen molar-refractivity contribution < 1.29 is 14.0 Å². The van der Waals surface area contributed by atoms with E-state index >= 15 is 0 Å². The topological polar surface area (TPSA) is 72.2 Å². The van der Waals surface area contributed by atoms with Gasteiger partial charge in [-0.2, -0.15) is 0 Å². The lowest BCUT2D eigenvalue weighted by atomic mass is 10.1. The van der Waals surface area contributed by atoms with Gasteiger partial charge in [0.2, 0.25) is 5.91 Å². The van der Waals surface area contributed by atoms with Crippen LogP contribution in [0.2, 0.25) is 0 Å². The van der Waals surface area contributed by atoms with Gasteiger partial charge in [0.25, 0.3) is 5.91 Å². The summed E-state index contributed by atoms with van der Waals surface area (Å²) in [4.78, 5) is 23.3. The van der Waals surface area contributed by atoms with Crippen LogP contribution in [-0.4, -0.2) is 11.8 Å². The third-order valence-corrected chi connectivity index (χ3v) is 3.53. The maximum absolute atomic E-state index is 13.4. The summed E-state index contributed by atoms with van der Waals surface area (Å²) >= 11 is 3.07. The molecule has 2 aromatic rings. The van der Waals surface area contributed by atoms with E-state index in [1.54, 1.807) is 19.1 Å². The van der Waals surface area contributed by atoms with Gasteiger partial charge in [0.15, 0.2) is 0 Å². The quantitative estimate of drug-likeness (QED) is 0.891. The standard InChI is InChI=1S/C15H12BrFN2O2/c1-8-5-12(17)11(16)7-13(8)19-15(21)10-4-2-3-9(6-10)14(18)20/h2-7H,1H3,(H2,18,20)(H,19,21). The molecule has 2 amide bonds. The molecular formula is C15H12BrFN2O2. The number of halogens is 2. The lowest BCUT2D eigenvalue weighted by Crippen LogP contribution is -2.16. The number of carbonyl (C=O) groups is 2. The van der Waals surface area contributed by atoms with Gasteiger partial charge in [-0.25, -0.2) is 4.39 Å². The Labute approximate surface area is 129 Å². The van der Waals surface area contributed by atoms with Gasteiger partial charge in [0, 0.05) is 16.8 Å². The molecule has 0 aromatic heterocycles. The van der Waals surface area contributed by atoms with Crippen LogP contribution in [0.1, 0.15) is 26.3 Å². The van der Waals surface area contributed by atoms with Crippen LogP contribution >= 0.6 is 15.9 Å². The van der Waals surface area contributed by atoms with Crippen molar-refractivity contribution in [2.24, 2.45) is 5.73 Å². The minimum absolute atomic E-state index is 0.250. The Bertz CT molecular complexity index is 732. The highest BCUT2D eigenvalue weighted by Crippen LogP contribution is 2.24. The van der Waals surface area contributed by atoms with Crippen molar-refractivity contribution in [1.82, 2.24) is 0 Å². The zero-order chi connectivity index (χ0) is 15.6. The van der Waals surface area contributed by atoms with Crippen LogP contribution in [0.3, 0.4) is 0 Å². The average molecular weight is 351 g/mol. The van der Waals surface area contributed by atoms with Crippen LogP contribution in [0, 0.1) is 12.7 Å². The highest BCUT2D eigenvalue weighted by molar-refractivity contribution is 9.10. The van der Waals surface area contributed by atoms with Gasteiger partial charge in [-0.15, -0.1) is 0 Å². The number of benzene rings is 2. The van der Waals surface area contributed by atoms with E-state index in [4.69, 9.17) is 5.73 Å². The first kappa shape index (κ1) is 15.2. The summed E-state index contributed by atoms with van der Waals surface area (Å²) in [5, 5.41) is 2.67. The van der Waals surface area contributed by atoms with Gasteiger partial charge in [-0.1, -0.05) is 6.07 Å². The number of amides is 2. The number of aryl methyl sites for hydroxylation is 1. The second kappa shape index (κ2) is 6.05. The first-order valence-electron chi connectivity index (χ1n) is 6.05. The maximum Gasteiger partial charge on any atom is 0.255 e. The van der Waals surface area contributed by atoms with Gasteiger partial charge < -0.3 is 11.1 Å². The molecule has 0 aliphatic rings. The van der Waals surface area contributed by atoms with Crippen molar-refractivity contribution in [3.05, 3.63) is 63.4 Å². The second-order valence-corrected chi connectivity index (χ2v) is 5.33. The summed E-state index contributed by atoms with van der Waals surface area (Å²) in [7, 11) is 0. The molecule has 0 radical (unpaired) electrons. The van der Waals surface area contributed by atoms with Crippen LogP contribution in [0.25, 0.3) is 0 Å². The molecule has 0 bridgehead atoms. The number of nitrogens with two attached hydrogens (primary N) is 1. The Morgan fingerprint density at radius 3 is 2.52 bits per heavy atom. The van der Waals surface area contributed by atoms with Gasteiger partial charge in [-0.3, -0.25) is 9.59 Å². The normalized spacial score (nSPS) is 10.2. The van der Waals surface area contributed by atoms with Crippen molar-refractivity contribution in [1.29, 1.82) is 0 Å². The van der Waals surface area contributed by atoms with E-state index in [9.17, 15) is 14.0 Å². The number of primary amides is 1. The molecule has 0 aliphatic heterocycles. The Hall–Kier alpha value is -2.21. The van der Waals surface area contributed by atoms with Crippen molar-refractivity contribution in [2.45, 2.75) is 6.92 Å². The summed E-state index contributed by atoms with van der Waals surface area (Å²) in [5.74, 6) is -1.41. The van der Waals surface area contributed by atoms with Crippen molar-refractivity contribution >= 4 is 33.4 Å². The van der Waals surface area contributed by atoms with Gasteiger partial charge >= 0.3 is 0 Å². The Kier molecular flexibility index (Phi) is 4.37. The molecule has 0 heterocycles. The third kappa shape index (κ3) is 3.46. The lowest BCUT2D eigenvalue weighted by molar-refractivity contribution is 0.1000. The summed E-state index contributed by atoms with van der Waals surface area (Å²) in [6.07, 6.45) is 0. The minimum Gasteiger partial charge on any atom is -0.366 e. The average Bonchev–Trinajstić information content (AvgIpc) is 2.44. The molecule has 0 aliphatic carbocycles. The fraction of sp³-hybridized carbons (Fsp3) is 0.0667. The predicted molar refractivity (Wildman–Crippen MR) is 81.8 cm³/mol. The molecule has 0 saturated heterocycles. The van der Waals surface area contributed by atoms with Crippen LogP contribution in [0.5, 0.6) is 0 Å². The summed E-state index contributed by atoms with van der Waals surface area (Å²) < 4.78 is 13.6. The van der Waals surface area contributed by atoms with E-state index in [1.165, 1.54) is 24.3 Å². The predicted octanol–water partition coefficient (Wildman–Crippen LogP) is 3.25. The highest BCUT2D eigenvalue weighted by Gasteiger charge is 2.12. The summed E-state index contributed by atoms with van der Waals surface area (Å²) in [5.41, 5.74) is 6.80. The van der Waals surface area contributed by atoms with Crippen molar-refractivity contribution in [3.8, 4) is 0 Å². The fourth-order valence-electron chi connectivity index (χ4n) is 1.79. The third-order valence-electron chi connectivity index (χ3n) is 2.92. The van der Waals surface area contributed by atoms with Crippen molar-refractivity contribution in [2.75, 3.05) is 5.32 Å².